The van der Waals surface area contributed by atoms with Gasteiger partial charge in [0, 0.05) is 26.8 Å². The molecule has 2 rings (SSSR count). The van der Waals surface area contributed by atoms with Crippen molar-refractivity contribution in [1.29, 1.82) is 0 Å². The van der Waals surface area contributed by atoms with Crippen molar-refractivity contribution in [3.8, 4) is 5.75 Å². The van der Waals surface area contributed by atoms with Crippen LogP contribution in [-0.4, -0.2) is 17.9 Å². The topological polar surface area (TPSA) is 39.2 Å². The molecule has 1 aromatic carbocycles. The predicted molar refractivity (Wildman–Crippen MR) is 73.4 cm³/mol. The number of ether oxygens (including phenoxy) is 1. The van der Waals surface area contributed by atoms with Gasteiger partial charge in [0.25, 0.3) is 0 Å². The fraction of sp³-hybridized carbons (Fsp3) is 0.0769. The molecule has 0 spiro atoms. The molecule has 0 N–H and O–H groups in total. The van der Waals surface area contributed by atoms with Gasteiger partial charge in [-0.2, -0.15) is 0 Å². The molecule has 0 saturated carbocycles. The zero-order valence-corrected chi connectivity index (χ0v) is 11.8. The third-order valence-electron chi connectivity index (χ3n) is 2.38. The summed E-state index contributed by atoms with van der Waals surface area (Å²) in [5.74, 6) is 0.384. The maximum Gasteiger partial charge on any atom is 0.195 e. The highest BCUT2D eigenvalue weighted by molar-refractivity contribution is 9.10. The molecule has 0 aliphatic rings. The molecule has 0 radical (unpaired) electrons. The highest BCUT2D eigenvalue weighted by Gasteiger charge is 2.14. The fourth-order valence-corrected chi connectivity index (χ4v) is 2.08. The van der Waals surface area contributed by atoms with E-state index in [9.17, 15) is 4.79 Å². The lowest BCUT2D eigenvalue weighted by Crippen LogP contribution is -2.03. The molecule has 0 fully saturated rings. The Morgan fingerprint density at radius 3 is 2.83 bits per heavy atom. The zero-order chi connectivity index (χ0) is 13.1. The Hall–Kier alpha value is -1.39. The first kappa shape index (κ1) is 13.1. The van der Waals surface area contributed by atoms with Crippen LogP contribution in [0.2, 0.25) is 5.02 Å². The SMILES string of the molecule is COc1cncc(C(=O)c2cc(Cl)ccc2Br)c1. The summed E-state index contributed by atoms with van der Waals surface area (Å²) in [7, 11) is 1.53. The molecule has 0 bridgehead atoms. The number of nitrogens with zero attached hydrogens (tertiary/aromatic N) is 1. The number of rotatable bonds is 3. The summed E-state index contributed by atoms with van der Waals surface area (Å²) in [6.07, 6.45) is 3.04. The second kappa shape index (κ2) is 5.50. The maximum atomic E-state index is 12.3. The molecular weight excluding hydrogens is 318 g/mol. The van der Waals surface area contributed by atoms with Crippen molar-refractivity contribution in [2.75, 3.05) is 7.11 Å². The highest BCUT2D eigenvalue weighted by atomic mass is 79.9. The molecular formula is C13H9BrClNO2. The van der Waals surface area contributed by atoms with Crippen LogP contribution in [0.1, 0.15) is 15.9 Å². The Morgan fingerprint density at radius 1 is 1.33 bits per heavy atom. The Bertz CT molecular complexity index is 601. The first-order chi connectivity index (χ1) is 8.61. The van der Waals surface area contributed by atoms with E-state index in [0.717, 1.165) is 0 Å². The molecule has 0 amide bonds. The van der Waals surface area contributed by atoms with E-state index in [1.807, 2.05) is 0 Å². The first-order valence-corrected chi connectivity index (χ1v) is 6.27. The van der Waals surface area contributed by atoms with Gasteiger partial charge in [-0.3, -0.25) is 9.78 Å². The minimum Gasteiger partial charge on any atom is -0.495 e. The summed E-state index contributed by atoms with van der Waals surface area (Å²) < 4.78 is 5.74. The molecule has 0 aliphatic heterocycles. The van der Waals surface area contributed by atoms with Crippen LogP contribution in [-0.2, 0) is 0 Å². The van der Waals surface area contributed by atoms with Crippen molar-refractivity contribution in [2.45, 2.75) is 0 Å². The lowest BCUT2D eigenvalue weighted by atomic mass is 10.1. The molecule has 5 heteroatoms. The van der Waals surface area contributed by atoms with Crippen LogP contribution in [0.15, 0.2) is 41.1 Å². The molecule has 2 aromatic rings. The second-order valence-electron chi connectivity index (χ2n) is 3.57. The van der Waals surface area contributed by atoms with Crippen molar-refractivity contribution in [3.05, 3.63) is 57.3 Å². The van der Waals surface area contributed by atoms with Crippen LogP contribution in [0.5, 0.6) is 5.75 Å². The van der Waals surface area contributed by atoms with E-state index in [4.69, 9.17) is 16.3 Å². The van der Waals surface area contributed by atoms with E-state index in [1.165, 1.54) is 13.3 Å². The molecule has 18 heavy (non-hydrogen) atoms. The van der Waals surface area contributed by atoms with Crippen molar-refractivity contribution in [1.82, 2.24) is 4.98 Å². The summed E-state index contributed by atoms with van der Waals surface area (Å²) in [6, 6.07) is 6.71. The van der Waals surface area contributed by atoms with Crippen LogP contribution < -0.4 is 4.74 Å². The summed E-state index contributed by atoms with van der Waals surface area (Å²) in [5, 5.41) is 0.511. The number of benzene rings is 1. The van der Waals surface area contributed by atoms with Gasteiger partial charge in [0.2, 0.25) is 0 Å². The summed E-state index contributed by atoms with van der Waals surface area (Å²) in [6.45, 7) is 0. The molecule has 0 aliphatic carbocycles. The molecule has 0 unspecified atom stereocenters. The fourth-order valence-electron chi connectivity index (χ4n) is 1.48. The summed E-state index contributed by atoms with van der Waals surface area (Å²) >= 11 is 9.23. The van der Waals surface area contributed by atoms with Gasteiger partial charge in [0.05, 0.1) is 13.3 Å². The monoisotopic (exact) mass is 325 g/mol. The number of hydrogen-bond acceptors (Lipinski definition) is 3. The average molecular weight is 327 g/mol. The lowest BCUT2D eigenvalue weighted by molar-refractivity contribution is 0.103. The number of carbonyl (C=O) groups is 1. The van der Waals surface area contributed by atoms with Crippen LogP contribution in [0.25, 0.3) is 0 Å². The number of carbonyl (C=O) groups excluding carboxylic acids is 1. The summed E-state index contributed by atoms with van der Waals surface area (Å²) in [5.41, 5.74) is 0.954. The van der Waals surface area contributed by atoms with E-state index in [2.05, 4.69) is 20.9 Å². The van der Waals surface area contributed by atoms with Gasteiger partial charge >= 0.3 is 0 Å². The minimum atomic E-state index is -0.157. The van der Waals surface area contributed by atoms with Gasteiger partial charge in [-0.25, -0.2) is 0 Å². The van der Waals surface area contributed by atoms with Crippen LogP contribution in [0.3, 0.4) is 0 Å². The van der Waals surface area contributed by atoms with Gasteiger partial charge < -0.3 is 4.74 Å². The van der Waals surface area contributed by atoms with Gasteiger partial charge in [-0.15, -0.1) is 0 Å². The largest absolute Gasteiger partial charge is 0.495 e. The van der Waals surface area contributed by atoms with Gasteiger partial charge in [0.15, 0.2) is 5.78 Å². The number of hydrogen-bond donors (Lipinski definition) is 0. The molecule has 92 valence electrons. The quantitative estimate of drug-likeness (QED) is 0.807. The molecule has 1 aromatic heterocycles. The molecule has 3 nitrogen and oxygen atoms in total. The minimum absolute atomic E-state index is 0.157. The van der Waals surface area contributed by atoms with Gasteiger partial charge in [-0.1, -0.05) is 27.5 Å². The van der Waals surface area contributed by atoms with E-state index in [0.29, 0.717) is 26.4 Å². The van der Waals surface area contributed by atoms with E-state index in [-0.39, 0.29) is 5.78 Å². The Morgan fingerprint density at radius 2 is 2.11 bits per heavy atom. The number of halogens is 2. The average Bonchev–Trinajstić information content (AvgIpc) is 2.41. The molecule has 0 atom stereocenters. The highest BCUT2D eigenvalue weighted by Crippen LogP contribution is 2.24. The van der Waals surface area contributed by atoms with E-state index < -0.39 is 0 Å². The van der Waals surface area contributed by atoms with Crippen molar-refractivity contribution in [2.24, 2.45) is 0 Å². The maximum absolute atomic E-state index is 12.3. The number of aromatic nitrogens is 1. The van der Waals surface area contributed by atoms with Crippen LogP contribution in [0.4, 0.5) is 0 Å². The Balaban J connectivity index is 2.44. The second-order valence-corrected chi connectivity index (χ2v) is 4.86. The van der Waals surface area contributed by atoms with E-state index in [1.54, 1.807) is 30.5 Å². The van der Waals surface area contributed by atoms with Crippen molar-refractivity contribution < 1.29 is 9.53 Å². The number of pyridine rings is 1. The van der Waals surface area contributed by atoms with Crippen LogP contribution >= 0.6 is 27.5 Å². The molecule has 0 saturated heterocycles. The third-order valence-corrected chi connectivity index (χ3v) is 3.31. The Labute approximate surface area is 118 Å². The summed E-state index contributed by atoms with van der Waals surface area (Å²) in [4.78, 5) is 16.3. The lowest BCUT2D eigenvalue weighted by Gasteiger charge is -2.05. The van der Waals surface area contributed by atoms with Crippen molar-refractivity contribution in [3.63, 3.8) is 0 Å². The standard InChI is InChI=1S/C13H9BrClNO2/c1-18-10-4-8(6-16-7-10)13(17)11-5-9(15)2-3-12(11)14/h2-7H,1H3. The van der Waals surface area contributed by atoms with Gasteiger partial charge in [-0.05, 0) is 24.3 Å². The smallest absolute Gasteiger partial charge is 0.195 e. The van der Waals surface area contributed by atoms with Crippen LogP contribution in [0, 0.1) is 0 Å². The van der Waals surface area contributed by atoms with E-state index >= 15 is 0 Å². The normalized spacial score (nSPS) is 10.2. The first-order valence-electron chi connectivity index (χ1n) is 5.10. The Kier molecular flexibility index (Phi) is 3.99. The van der Waals surface area contributed by atoms with Gasteiger partial charge in [0.1, 0.15) is 5.75 Å². The molecule has 1 heterocycles. The number of methoxy groups -OCH3 is 1. The third kappa shape index (κ3) is 2.71. The van der Waals surface area contributed by atoms with Crippen molar-refractivity contribution >= 4 is 33.3 Å². The predicted octanol–water partition coefficient (Wildman–Crippen LogP) is 3.74. The zero-order valence-electron chi connectivity index (χ0n) is 9.48. The number of ketones is 1.